The molecule has 0 spiro atoms. The van der Waals surface area contributed by atoms with Crippen LogP contribution in [0.25, 0.3) is 11.8 Å². The lowest BCUT2D eigenvalue weighted by molar-refractivity contribution is -0.138. The fourth-order valence-corrected chi connectivity index (χ4v) is 7.41. The Hall–Kier alpha value is -3.21. The molecular weight excluding hydrogens is 598 g/mol. The predicted octanol–water partition coefficient (Wildman–Crippen LogP) is 5.34. The number of aromatic nitrogens is 1. The molecule has 0 aliphatic carbocycles. The number of rotatable bonds is 6. The van der Waals surface area contributed by atoms with Crippen LogP contribution in [-0.4, -0.2) is 30.2 Å². The van der Waals surface area contributed by atoms with Gasteiger partial charge in [0.2, 0.25) is 5.88 Å². The second-order valence-corrected chi connectivity index (χ2v) is 12.1. The lowest BCUT2D eigenvalue weighted by Gasteiger charge is -2.26. The quantitative estimate of drug-likeness (QED) is 0.271. The molecule has 0 saturated carbocycles. The van der Waals surface area contributed by atoms with E-state index in [4.69, 9.17) is 14.1 Å². The largest absolute Gasteiger partial charge is 0.463 e. The number of carbonyl (C=O) groups excluding carboxylic acids is 1. The van der Waals surface area contributed by atoms with E-state index >= 15 is 0 Å². The first-order valence-electron chi connectivity index (χ1n) is 12.9. The number of carbonyl (C=O) groups is 1. The molecule has 0 amide bonds. The second-order valence-electron chi connectivity index (χ2n) is 9.30. The number of ether oxygens (including phenoxy) is 1. The van der Waals surface area contributed by atoms with Gasteiger partial charge in [-0.3, -0.25) is 9.36 Å². The van der Waals surface area contributed by atoms with Crippen molar-refractivity contribution in [1.29, 1.82) is 0 Å². The smallest absolute Gasteiger partial charge is 0.338 e. The molecule has 10 heteroatoms. The van der Waals surface area contributed by atoms with E-state index in [0.717, 1.165) is 46.7 Å². The third-order valence-electron chi connectivity index (χ3n) is 6.79. The summed E-state index contributed by atoms with van der Waals surface area (Å²) >= 11 is 6.42. The molecular formula is C29H26BrN3O4S2. The number of thiophene rings is 1. The highest BCUT2D eigenvalue weighted by molar-refractivity contribution is 9.10. The van der Waals surface area contributed by atoms with Crippen LogP contribution < -0.4 is 19.8 Å². The van der Waals surface area contributed by atoms with Gasteiger partial charge in [0.05, 0.1) is 26.9 Å². The summed E-state index contributed by atoms with van der Waals surface area (Å²) in [4.78, 5) is 35.9. The standard InChI is InChI=1S/C29H26BrN3O4S2/c1-2-36-28(35)23-24(18-10-5-3-6-11-18)31-29-33(25(23)21-12-9-15-38-21)26(34)22(39-29)17-19-16-20(30)27(37-19)32-13-7-4-8-14-32/h3,5-6,9-12,15-17,25H,2,4,7-8,13-14H2,1H3/b22-17+/t25-/m0/s1. The summed E-state index contributed by atoms with van der Waals surface area (Å²) in [5.74, 6) is 0.906. The highest BCUT2D eigenvalue weighted by Crippen LogP contribution is 2.37. The number of hydrogen-bond acceptors (Lipinski definition) is 8. The molecule has 0 bridgehead atoms. The van der Waals surface area contributed by atoms with Gasteiger partial charge in [0, 0.05) is 35.7 Å². The Morgan fingerprint density at radius 1 is 1.18 bits per heavy atom. The molecule has 1 aromatic carbocycles. The van der Waals surface area contributed by atoms with Crippen molar-refractivity contribution in [3.8, 4) is 0 Å². The zero-order valence-electron chi connectivity index (χ0n) is 21.3. The lowest BCUT2D eigenvalue weighted by atomic mass is 9.97. The molecule has 0 N–H and O–H groups in total. The minimum absolute atomic E-state index is 0.221. The van der Waals surface area contributed by atoms with Gasteiger partial charge < -0.3 is 14.1 Å². The molecule has 5 heterocycles. The average Bonchev–Trinajstić information content (AvgIpc) is 3.69. The van der Waals surface area contributed by atoms with E-state index in [9.17, 15) is 9.59 Å². The van der Waals surface area contributed by atoms with Gasteiger partial charge in [-0.1, -0.05) is 47.7 Å². The Bertz CT molecular complexity index is 1710. The second kappa shape index (κ2) is 11.1. The summed E-state index contributed by atoms with van der Waals surface area (Å²) < 4.78 is 14.7. The molecule has 200 valence electrons. The van der Waals surface area contributed by atoms with Crippen molar-refractivity contribution in [3.63, 3.8) is 0 Å². The molecule has 39 heavy (non-hydrogen) atoms. The van der Waals surface area contributed by atoms with E-state index in [-0.39, 0.29) is 12.2 Å². The SMILES string of the molecule is CCOC(=O)C1=C(c2ccccc2)N=c2s/c(=C/c3cc(Br)c(N4CCCCC4)o3)c(=O)n2[C@H]1c1cccs1. The molecule has 7 nitrogen and oxygen atoms in total. The van der Waals surface area contributed by atoms with Crippen molar-refractivity contribution in [1.82, 2.24) is 4.57 Å². The normalized spacial score (nSPS) is 17.7. The van der Waals surface area contributed by atoms with Crippen molar-refractivity contribution < 1.29 is 13.9 Å². The van der Waals surface area contributed by atoms with Crippen LogP contribution in [0.5, 0.6) is 0 Å². The van der Waals surface area contributed by atoms with E-state index in [2.05, 4.69) is 20.8 Å². The van der Waals surface area contributed by atoms with Gasteiger partial charge in [-0.05, 0) is 53.6 Å². The van der Waals surface area contributed by atoms with Crippen molar-refractivity contribution >= 4 is 62.2 Å². The number of nitrogens with zero attached hydrogens (tertiary/aromatic N) is 3. The maximum atomic E-state index is 13.9. The number of benzene rings is 1. The summed E-state index contributed by atoms with van der Waals surface area (Å²) in [6.07, 6.45) is 5.27. The fraction of sp³-hybridized carbons (Fsp3) is 0.276. The van der Waals surface area contributed by atoms with Crippen molar-refractivity contribution in [2.75, 3.05) is 24.6 Å². The molecule has 0 radical (unpaired) electrons. The van der Waals surface area contributed by atoms with Crippen LogP contribution in [0.1, 0.15) is 48.4 Å². The zero-order chi connectivity index (χ0) is 26.9. The third-order valence-corrected chi connectivity index (χ3v) is 9.27. The topological polar surface area (TPSA) is 77.0 Å². The van der Waals surface area contributed by atoms with Crippen LogP contribution in [0.4, 0.5) is 5.88 Å². The highest BCUT2D eigenvalue weighted by Gasteiger charge is 2.35. The van der Waals surface area contributed by atoms with Gasteiger partial charge in [0.1, 0.15) is 11.8 Å². The minimum atomic E-state index is -0.648. The van der Waals surface area contributed by atoms with Gasteiger partial charge in [-0.25, -0.2) is 9.79 Å². The maximum Gasteiger partial charge on any atom is 0.338 e. The Labute approximate surface area is 241 Å². The van der Waals surface area contributed by atoms with Gasteiger partial charge in [0.25, 0.3) is 5.56 Å². The zero-order valence-corrected chi connectivity index (χ0v) is 24.5. The fourth-order valence-electron chi connectivity index (χ4n) is 5.05. The number of piperidine rings is 1. The van der Waals surface area contributed by atoms with Crippen LogP contribution in [0.15, 0.2) is 78.2 Å². The number of thiazole rings is 1. The molecule has 2 aliphatic heterocycles. The number of fused-ring (bicyclic) bond motifs is 1. The van der Waals surface area contributed by atoms with Crippen molar-refractivity contribution in [2.24, 2.45) is 4.99 Å². The van der Waals surface area contributed by atoms with Gasteiger partial charge in [0.15, 0.2) is 4.80 Å². The van der Waals surface area contributed by atoms with Gasteiger partial charge >= 0.3 is 5.97 Å². The van der Waals surface area contributed by atoms with E-state index in [1.807, 2.05) is 53.9 Å². The Morgan fingerprint density at radius 3 is 2.69 bits per heavy atom. The summed E-state index contributed by atoms with van der Waals surface area (Å²) in [6, 6.07) is 14.7. The van der Waals surface area contributed by atoms with Crippen molar-refractivity contribution in [2.45, 2.75) is 32.2 Å². The van der Waals surface area contributed by atoms with E-state index < -0.39 is 12.0 Å². The predicted molar refractivity (Wildman–Crippen MR) is 158 cm³/mol. The molecule has 2 aliphatic rings. The number of halogens is 1. The molecule has 1 saturated heterocycles. The highest BCUT2D eigenvalue weighted by atomic mass is 79.9. The molecule has 1 atom stereocenters. The third kappa shape index (κ3) is 4.97. The first-order valence-corrected chi connectivity index (χ1v) is 15.4. The van der Waals surface area contributed by atoms with Crippen LogP contribution in [0, 0.1) is 0 Å². The van der Waals surface area contributed by atoms with Gasteiger partial charge in [-0.2, -0.15) is 0 Å². The molecule has 0 unspecified atom stereocenters. The number of anilines is 1. The lowest BCUT2D eigenvalue weighted by Crippen LogP contribution is -2.39. The summed E-state index contributed by atoms with van der Waals surface area (Å²) in [5.41, 5.74) is 1.45. The molecule has 3 aromatic heterocycles. The van der Waals surface area contributed by atoms with Crippen molar-refractivity contribution in [3.05, 3.63) is 99.8 Å². The van der Waals surface area contributed by atoms with Crippen LogP contribution in [-0.2, 0) is 9.53 Å². The van der Waals surface area contributed by atoms with Crippen LogP contribution >= 0.6 is 38.6 Å². The van der Waals surface area contributed by atoms with E-state index in [0.29, 0.717) is 26.4 Å². The Morgan fingerprint density at radius 2 is 1.97 bits per heavy atom. The van der Waals surface area contributed by atoms with E-state index in [1.165, 1.54) is 29.1 Å². The molecule has 6 rings (SSSR count). The first kappa shape index (κ1) is 26.0. The molecule has 4 aromatic rings. The summed E-state index contributed by atoms with van der Waals surface area (Å²) in [6.45, 7) is 3.90. The first-order chi connectivity index (χ1) is 19.0. The number of esters is 1. The van der Waals surface area contributed by atoms with E-state index in [1.54, 1.807) is 17.6 Å². The average molecular weight is 625 g/mol. The van der Waals surface area contributed by atoms with Crippen LogP contribution in [0.3, 0.4) is 0 Å². The van der Waals surface area contributed by atoms with Gasteiger partial charge in [-0.15, -0.1) is 11.3 Å². The number of furan rings is 1. The monoisotopic (exact) mass is 623 g/mol. The Kier molecular flexibility index (Phi) is 7.42. The summed E-state index contributed by atoms with van der Waals surface area (Å²) in [5, 5.41) is 1.94. The molecule has 1 fully saturated rings. The summed E-state index contributed by atoms with van der Waals surface area (Å²) in [7, 11) is 0. The van der Waals surface area contributed by atoms with Crippen LogP contribution in [0.2, 0.25) is 0 Å². The minimum Gasteiger partial charge on any atom is -0.463 e. The Balaban J connectivity index is 1.53. The maximum absolute atomic E-state index is 13.9. The number of hydrogen-bond donors (Lipinski definition) is 0.